The molecule has 0 amide bonds. The van der Waals surface area contributed by atoms with Crippen LogP contribution in [0.2, 0.25) is 0 Å². The van der Waals surface area contributed by atoms with Gasteiger partial charge in [0.15, 0.2) is 0 Å². The fraction of sp³-hybridized carbons (Fsp3) is 0.455. The Morgan fingerprint density at radius 2 is 2.14 bits per heavy atom. The molecule has 76 valence electrons. The van der Waals surface area contributed by atoms with E-state index in [9.17, 15) is 9.50 Å². The lowest BCUT2D eigenvalue weighted by Gasteiger charge is -2.33. The largest absolute Gasteiger partial charge is 0.389 e. The lowest BCUT2D eigenvalue weighted by molar-refractivity contribution is 0.199. The van der Waals surface area contributed by atoms with Crippen LogP contribution in [0.5, 0.6) is 0 Å². The van der Waals surface area contributed by atoms with Crippen molar-refractivity contribution >= 4 is 5.69 Å². The number of rotatable bonds is 2. The molecular formula is C11H14FNO. The Bertz CT molecular complexity index is 334. The lowest BCUT2D eigenvalue weighted by Crippen LogP contribution is -2.37. The summed E-state index contributed by atoms with van der Waals surface area (Å²) in [5.74, 6) is -0.233. The van der Waals surface area contributed by atoms with E-state index in [4.69, 9.17) is 0 Å². The van der Waals surface area contributed by atoms with Crippen LogP contribution in [0.25, 0.3) is 0 Å². The molecule has 0 bridgehead atoms. The van der Waals surface area contributed by atoms with Gasteiger partial charge in [-0.15, -0.1) is 0 Å². The van der Waals surface area contributed by atoms with Gasteiger partial charge in [0.1, 0.15) is 5.82 Å². The van der Waals surface area contributed by atoms with Gasteiger partial charge in [0.05, 0.1) is 11.8 Å². The minimum Gasteiger partial charge on any atom is -0.389 e. The van der Waals surface area contributed by atoms with Gasteiger partial charge in [-0.25, -0.2) is 4.39 Å². The van der Waals surface area contributed by atoms with Gasteiger partial charge in [0.25, 0.3) is 0 Å². The van der Waals surface area contributed by atoms with Crippen LogP contribution < -0.4 is 4.90 Å². The maximum atomic E-state index is 13.5. The molecule has 3 heteroatoms. The van der Waals surface area contributed by atoms with Crippen molar-refractivity contribution in [2.75, 3.05) is 18.0 Å². The molecule has 1 saturated heterocycles. The summed E-state index contributed by atoms with van der Waals surface area (Å²) >= 11 is 0. The highest BCUT2D eigenvalue weighted by Gasteiger charge is 2.18. The Morgan fingerprint density at radius 3 is 2.57 bits per heavy atom. The van der Waals surface area contributed by atoms with Gasteiger partial charge >= 0.3 is 0 Å². The van der Waals surface area contributed by atoms with Crippen LogP contribution in [0.3, 0.4) is 0 Å². The highest BCUT2D eigenvalue weighted by molar-refractivity contribution is 5.51. The number of aliphatic hydroxyl groups excluding tert-OH is 1. The van der Waals surface area contributed by atoms with Crippen LogP contribution >= 0.6 is 0 Å². The third-order valence-corrected chi connectivity index (χ3v) is 2.65. The molecule has 1 fully saturated rings. The van der Waals surface area contributed by atoms with Gasteiger partial charge in [-0.3, -0.25) is 0 Å². The van der Waals surface area contributed by atoms with E-state index in [0.717, 1.165) is 19.5 Å². The SMILES string of the molecule is C[C@H](O)c1ccc(N2CCC2)c(F)c1. The van der Waals surface area contributed by atoms with Crippen molar-refractivity contribution in [3.05, 3.63) is 29.6 Å². The second-order valence-corrected chi connectivity index (χ2v) is 3.73. The first-order chi connectivity index (χ1) is 6.68. The number of nitrogens with zero attached hydrogens (tertiary/aromatic N) is 1. The molecule has 1 N–H and O–H groups in total. The average Bonchev–Trinajstić information content (AvgIpc) is 2.04. The summed E-state index contributed by atoms with van der Waals surface area (Å²) in [7, 11) is 0. The molecule has 1 aromatic carbocycles. The van der Waals surface area contributed by atoms with Crippen LogP contribution in [-0.4, -0.2) is 18.2 Å². The topological polar surface area (TPSA) is 23.5 Å². The minimum atomic E-state index is -0.602. The third-order valence-electron chi connectivity index (χ3n) is 2.65. The highest BCUT2D eigenvalue weighted by atomic mass is 19.1. The predicted molar refractivity (Wildman–Crippen MR) is 53.9 cm³/mol. The van der Waals surface area contributed by atoms with Crippen LogP contribution in [0.1, 0.15) is 25.0 Å². The van der Waals surface area contributed by atoms with E-state index in [1.165, 1.54) is 6.07 Å². The minimum absolute atomic E-state index is 0.233. The zero-order valence-electron chi connectivity index (χ0n) is 8.20. The van der Waals surface area contributed by atoms with E-state index >= 15 is 0 Å². The molecule has 0 saturated carbocycles. The first-order valence-electron chi connectivity index (χ1n) is 4.91. The summed E-state index contributed by atoms with van der Waals surface area (Å²) in [5.41, 5.74) is 1.28. The summed E-state index contributed by atoms with van der Waals surface area (Å²) in [5, 5.41) is 9.27. The van der Waals surface area contributed by atoms with E-state index in [2.05, 4.69) is 0 Å². The van der Waals surface area contributed by atoms with Gasteiger partial charge in [0, 0.05) is 13.1 Å². The number of benzene rings is 1. The maximum Gasteiger partial charge on any atom is 0.146 e. The van der Waals surface area contributed by atoms with Crippen molar-refractivity contribution in [1.29, 1.82) is 0 Å². The van der Waals surface area contributed by atoms with Crippen molar-refractivity contribution in [3.8, 4) is 0 Å². The van der Waals surface area contributed by atoms with Crippen molar-refractivity contribution in [2.24, 2.45) is 0 Å². The second kappa shape index (κ2) is 3.58. The first-order valence-corrected chi connectivity index (χ1v) is 4.91. The molecule has 0 spiro atoms. The fourth-order valence-corrected chi connectivity index (χ4v) is 1.60. The Morgan fingerprint density at radius 1 is 1.43 bits per heavy atom. The van der Waals surface area contributed by atoms with Crippen LogP contribution in [-0.2, 0) is 0 Å². The molecule has 1 aliphatic rings. The van der Waals surface area contributed by atoms with Crippen LogP contribution in [0, 0.1) is 5.82 Å². The van der Waals surface area contributed by atoms with Gasteiger partial charge in [-0.1, -0.05) is 6.07 Å². The van der Waals surface area contributed by atoms with Gasteiger partial charge in [-0.2, -0.15) is 0 Å². The third kappa shape index (κ3) is 1.60. The molecule has 1 aliphatic heterocycles. The molecule has 0 radical (unpaired) electrons. The fourth-order valence-electron chi connectivity index (χ4n) is 1.60. The Labute approximate surface area is 83.0 Å². The van der Waals surface area contributed by atoms with E-state index < -0.39 is 6.10 Å². The summed E-state index contributed by atoms with van der Waals surface area (Å²) < 4.78 is 13.5. The van der Waals surface area contributed by atoms with Crippen molar-refractivity contribution in [1.82, 2.24) is 0 Å². The van der Waals surface area contributed by atoms with Gasteiger partial charge in [-0.05, 0) is 31.0 Å². The molecule has 0 aromatic heterocycles. The lowest BCUT2D eigenvalue weighted by atomic mass is 10.1. The molecule has 1 heterocycles. The Kier molecular flexibility index (Phi) is 2.42. The highest BCUT2D eigenvalue weighted by Crippen LogP contribution is 2.26. The smallest absolute Gasteiger partial charge is 0.146 e. The van der Waals surface area contributed by atoms with Crippen LogP contribution in [0.4, 0.5) is 10.1 Å². The first kappa shape index (κ1) is 9.46. The van der Waals surface area contributed by atoms with E-state index in [-0.39, 0.29) is 5.82 Å². The monoisotopic (exact) mass is 195 g/mol. The van der Waals surface area contributed by atoms with Gasteiger partial charge < -0.3 is 10.0 Å². The Balaban J connectivity index is 2.26. The van der Waals surface area contributed by atoms with E-state index in [1.807, 2.05) is 4.90 Å². The number of anilines is 1. The van der Waals surface area contributed by atoms with Gasteiger partial charge in [0.2, 0.25) is 0 Å². The number of halogens is 1. The summed E-state index contributed by atoms with van der Waals surface area (Å²) in [4.78, 5) is 2.00. The molecule has 0 aliphatic carbocycles. The number of aliphatic hydroxyl groups is 1. The number of hydrogen-bond donors (Lipinski definition) is 1. The summed E-state index contributed by atoms with van der Waals surface area (Å²) in [6.07, 6.45) is 0.535. The van der Waals surface area contributed by atoms with Crippen LogP contribution in [0.15, 0.2) is 18.2 Å². The normalized spacial score (nSPS) is 17.8. The van der Waals surface area contributed by atoms with E-state index in [0.29, 0.717) is 11.3 Å². The second-order valence-electron chi connectivity index (χ2n) is 3.73. The number of hydrogen-bond acceptors (Lipinski definition) is 2. The van der Waals surface area contributed by atoms with Crippen molar-refractivity contribution in [3.63, 3.8) is 0 Å². The van der Waals surface area contributed by atoms with Crippen molar-refractivity contribution in [2.45, 2.75) is 19.4 Å². The standard InChI is InChI=1S/C11H14FNO/c1-8(14)9-3-4-11(10(12)7-9)13-5-2-6-13/h3-4,7-8,14H,2,5-6H2,1H3/t8-/m0/s1. The molecule has 1 atom stereocenters. The molecular weight excluding hydrogens is 181 g/mol. The zero-order valence-corrected chi connectivity index (χ0v) is 8.20. The molecule has 0 unspecified atom stereocenters. The quantitative estimate of drug-likeness (QED) is 0.781. The Hall–Kier alpha value is -1.09. The molecule has 14 heavy (non-hydrogen) atoms. The maximum absolute atomic E-state index is 13.5. The summed E-state index contributed by atoms with van der Waals surface area (Å²) in [6, 6.07) is 4.94. The zero-order chi connectivity index (χ0) is 10.1. The predicted octanol–water partition coefficient (Wildman–Crippen LogP) is 2.09. The average molecular weight is 195 g/mol. The van der Waals surface area contributed by atoms with Crippen molar-refractivity contribution < 1.29 is 9.50 Å². The molecule has 2 rings (SSSR count). The van der Waals surface area contributed by atoms with E-state index in [1.54, 1.807) is 19.1 Å². The molecule has 1 aromatic rings. The molecule has 2 nitrogen and oxygen atoms in total. The summed E-state index contributed by atoms with van der Waals surface area (Å²) in [6.45, 7) is 3.51.